The third kappa shape index (κ3) is 4.82. The predicted octanol–water partition coefficient (Wildman–Crippen LogP) is 0.877. The molecule has 19 heavy (non-hydrogen) atoms. The first-order chi connectivity index (χ1) is 8.95. The van der Waals surface area contributed by atoms with Gasteiger partial charge in [-0.05, 0) is 19.3 Å². The van der Waals surface area contributed by atoms with Crippen LogP contribution in [0.4, 0.5) is 0 Å². The Morgan fingerprint density at radius 2 is 1.89 bits per heavy atom. The molecule has 1 aliphatic rings. The van der Waals surface area contributed by atoms with Gasteiger partial charge in [0.1, 0.15) is 0 Å². The van der Waals surface area contributed by atoms with E-state index in [2.05, 4.69) is 5.32 Å². The lowest BCUT2D eigenvalue weighted by Crippen LogP contribution is -2.51. The maximum absolute atomic E-state index is 11.8. The van der Waals surface area contributed by atoms with Crippen LogP contribution in [-0.4, -0.2) is 41.9 Å². The molecule has 1 aliphatic heterocycles. The van der Waals surface area contributed by atoms with Crippen LogP contribution in [0.3, 0.4) is 0 Å². The molecule has 1 saturated heterocycles. The quantitative estimate of drug-likeness (QED) is 0.778. The van der Waals surface area contributed by atoms with Crippen molar-refractivity contribution in [3.63, 3.8) is 0 Å². The lowest BCUT2D eigenvalue weighted by atomic mass is 10.0. The normalized spacial score (nSPS) is 18.5. The van der Waals surface area contributed by atoms with Crippen LogP contribution in [0.15, 0.2) is 0 Å². The maximum atomic E-state index is 11.8. The number of carbonyl (C=O) groups is 2. The lowest BCUT2D eigenvalue weighted by Gasteiger charge is -2.33. The highest BCUT2D eigenvalue weighted by Gasteiger charge is 2.26. The summed E-state index contributed by atoms with van der Waals surface area (Å²) in [6.07, 6.45) is 3.28. The molecule has 1 rings (SSSR count). The van der Waals surface area contributed by atoms with Gasteiger partial charge in [-0.2, -0.15) is 0 Å². The molecule has 1 fully saturated rings. The lowest BCUT2D eigenvalue weighted by molar-refractivity contribution is -0.135. The molecule has 110 valence electrons. The minimum Gasteiger partial charge on any atom is -0.352 e. The first-order valence-electron chi connectivity index (χ1n) is 7.30. The van der Waals surface area contributed by atoms with Gasteiger partial charge in [0.15, 0.2) is 0 Å². The molecule has 0 aromatic carbocycles. The molecule has 3 N–H and O–H groups in total. The molecule has 0 bridgehead atoms. The number of likely N-dealkylation sites (tertiary alicyclic amines) is 1. The molecule has 0 saturated carbocycles. The van der Waals surface area contributed by atoms with E-state index in [1.807, 2.05) is 25.7 Å². The minimum absolute atomic E-state index is 0.0455. The van der Waals surface area contributed by atoms with Gasteiger partial charge < -0.3 is 16.0 Å². The van der Waals surface area contributed by atoms with Crippen molar-refractivity contribution in [1.29, 1.82) is 0 Å². The van der Waals surface area contributed by atoms with Gasteiger partial charge in [0.05, 0.1) is 6.04 Å². The number of hydrogen-bond acceptors (Lipinski definition) is 3. The molecular formula is C14H27N3O2. The molecule has 5 heteroatoms. The Balaban J connectivity index is 2.34. The van der Waals surface area contributed by atoms with Crippen molar-refractivity contribution in [1.82, 2.24) is 10.2 Å². The van der Waals surface area contributed by atoms with E-state index >= 15 is 0 Å². The average Bonchev–Trinajstić information content (AvgIpc) is 2.38. The number of amides is 2. The van der Waals surface area contributed by atoms with Crippen LogP contribution in [0.2, 0.25) is 0 Å². The van der Waals surface area contributed by atoms with Gasteiger partial charge in [-0.3, -0.25) is 9.59 Å². The Kier molecular flexibility index (Phi) is 6.28. The second-order valence-electron chi connectivity index (χ2n) is 5.66. The van der Waals surface area contributed by atoms with E-state index in [1.165, 1.54) is 0 Å². The molecule has 0 aliphatic carbocycles. The van der Waals surface area contributed by atoms with Gasteiger partial charge in [0, 0.05) is 25.0 Å². The molecule has 2 amide bonds. The largest absolute Gasteiger partial charge is 0.352 e. The molecule has 5 nitrogen and oxygen atoms in total. The summed E-state index contributed by atoms with van der Waals surface area (Å²) in [7, 11) is 0. The van der Waals surface area contributed by atoms with Crippen LogP contribution in [0.25, 0.3) is 0 Å². The first kappa shape index (κ1) is 16.0. The van der Waals surface area contributed by atoms with Crippen LogP contribution in [0.1, 0.15) is 46.5 Å². The highest BCUT2D eigenvalue weighted by molar-refractivity contribution is 5.82. The third-order valence-corrected chi connectivity index (χ3v) is 3.58. The van der Waals surface area contributed by atoms with E-state index in [9.17, 15) is 9.59 Å². The van der Waals surface area contributed by atoms with Gasteiger partial charge in [0.2, 0.25) is 11.8 Å². The highest BCUT2D eigenvalue weighted by Crippen LogP contribution is 2.13. The van der Waals surface area contributed by atoms with Gasteiger partial charge in [0.25, 0.3) is 0 Å². The Morgan fingerprint density at radius 1 is 1.32 bits per heavy atom. The van der Waals surface area contributed by atoms with Gasteiger partial charge in [-0.25, -0.2) is 0 Å². The monoisotopic (exact) mass is 269 g/mol. The fourth-order valence-electron chi connectivity index (χ4n) is 2.36. The van der Waals surface area contributed by atoms with Crippen LogP contribution in [0, 0.1) is 5.92 Å². The highest BCUT2D eigenvalue weighted by atomic mass is 16.2. The zero-order valence-corrected chi connectivity index (χ0v) is 12.3. The molecule has 0 aromatic heterocycles. The summed E-state index contributed by atoms with van der Waals surface area (Å²) in [5, 5.41) is 2.99. The number of carbonyl (C=O) groups excluding carboxylic acids is 2. The van der Waals surface area contributed by atoms with E-state index in [0.29, 0.717) is 0 Å². The van der Waals surface area contributed by atoms with Crippen molar-refractivity contribution in [3.8, 4) is 0 Å². The number of rotatable bonds is 5. The SMILES string of the molecule is CCC[C@@H](N)C(=O)NC1CCN(C(=O)C(C)C)CC1. The third-order valence-electron chi connectivity index (χ3n) is 3.58. The second kappa shape index (κ2) is 7.48. The van der Waals surface area contributed by atoms with Crippen LogP contribution >= 0.6 is 0 Å². The Bertz CT molecular complexity index is 310. The Morgan fingerprint density at radius 3 is 2.37 bits per heavy atom. The van der Waals surface area contributed by atoms with Crippen molar-refractivity contribution < 1.29 is 9.59 Å². The molecule has 0 radical (unpaired) electrons. The predicted molar refractivity (Wildman–Crippen MR) is 75.5 cm³/mol. The van der Waals surface area contributed by atoms with E-state index < -0.39 is 6.04 Å². The topological polar surface area (TPSA) is 75.4 Å². The van der Waals surface area contributed by atoms with Crippen LogP contribution in [-0.2, 0) is 9.59 Å². The zero-order valence-electron chi connectivity index (χ0n) is 12.3. The van der Waals surface area contributed by atoms with Gasteiger partial charge in [-0.1, -0.05) is 27.2 Å². The summed E-state index contributed by atoms with van der Waals surface area (Å²) < 4.78 is 0. The summed E-state index contributed by atoms with van der Waals surface area (Å²) in [4.78, 5) is 25.5. The number of nitrogens with one attached hydrogen (secondary N) is 1. The average molecular weight is 269 g/mol. The van der Waals surface area contributed by atoms with Crippen LogP contribution < -0.4 is 11.1 Å². The zero-order chi connectivity index (χ0) is 14.4. The Hall–Kier alpha value is -1.10. The summed E-state index contributed by atoms with van der Waals surface area (Å²) in [6.45, 7) is 7.30. The summed E-state index contributed by atoms with van der Waals surface area (Å²) in [6, 6.07) is -0.244. The van der Waals surface area contributed by atoms with Crippen molar-refractivity contribution >= 4 is 11.8 Å². The molecule has 0 aromatic rings. The summed E-state index contributed by atoms with van der Waals surface area (Å²) in [5.74, 6) is 0.187. The Labute approximate surface area is 115 Å². The number of nitrogens with zero attached hydrogens (tertiary/aromatic N) is 1. The van der Waals surface area contributed by atoms with Crippen molar-refractivity contribution in [2.45, 2.75) is 58.5 Å². The number of nitrogens with two attached hydrogens (primary N) is 1. The van der Waals surface area contributed by atoms with Gasteiger partial charge >= 0.3 is 0 Å². The van der Waals surface area contributed by atoms with E-state index in [-0.39, 0.29) is 23.8 Å². The van der Waals surface area contributed by atoms with Crippen LogP contribution in [0.5, 0.6) is 0 Å². The number of hydrogen-bond donors (Lipinski definition) is 2. The fraction of sp³-hybridized carbons (Fsp3) is 0.857. The molecular weight excluding hydrogens is 242 g/mol. The molecule has 1 heterocycles. The standard InChI is InChI=1S/C14H27N3O2/c1-4-5-12(15)13(18)16-11-6-8-17(9-7-11)14(19)10(2)3/h10-12H,4-9,15H2,1-3H3,(H,16,18)/t12-/m1/s1. The number of piperidine rings is 1. The van der Waals surface area contributed by atoms with Crippen molar-refractivity contribution in [3.05, 3.63) is 0 Å². The van der Waals surface area contributed by atoms with Crippen molar-refractivity contribution in [2.75, 3.05) is 13.1 Å². The van der Waals surface area contributed by atoms with E-state index in [1.54, 1.807) is 0 Å². The summed E-state index contributed by atoms with van der Waals surface area (Å²) >= 11 is 0. The molecule has 0 spiro atoms. The minimum atomic E-state index is -0.402. The second-order valence-corrected chi connectivity index (χ2v) is 5.66. The van der Waals surface area contributed by atoms with E-state index in [0.717, 1.165) is 38.8 Å². The fourth-order valence-corrected chi connectivity index (χ4v) is 2.36. The van der Waals surface area contributed by atoms with Gasteiger partial charge in [-0.15, -0.1) is 0 Å². The molecule has 1 atom stereocenters. The molecule has 0 unspecified atom stereocenters. The maximum Gasteiger partial charge on any atom is 0.237 e. The van der Waals surface area contributed by atoms with Crippen molar-refractivity contribution in [2.24, 2.45) is 11.7 Å². The smallest absolute Gasteiger partial charge is 0.237 e. The first-order valence-corrected chi connectivity index (χ1v) is 7.30. The summed E-state index contributed by atoms with van der Waals surface area (Å²) in [5.41, 5.74) is 5.78. The van der Waals surface area contributed by atoms with E-state index in [4.69, 9.17) is 5.73 Å².